The predicted octanol–water partition coefficient (Wildman–Crippen LogP) is 2.90. The van der Waals surface area contributed by atoms with Crippen LogP contribution in [-0.2, 0) is 9.47 Å². The number of hydrogen-bond donors (Lipinski definition) is 0. The minimum absolute atomic E-state index is 0.333. The molecule has 0 saturated carbocycles. The summed E-state index contributed by atoms with van der Waals surface area (Å²) in [4.78, 5) is 11.0. The van der Waals surface area contributed by atoms with Crippen LogP contribution in [0, 0.1) is 0 Å². The summed E-state index contributed by atoms with van der Waals surface area (Å²) in [5.74, 6) is 0. The quantitative estimate of drug-likeness (QED) is 0.489. The van der Waals surface area contributed by atoms with Crippen LogP contribution in [0.1, 0.15) is 33.6 Å². The smallest absolute Gasteiger partial charge is 0.435 e. The molecule has 0 spiro atoms. The molecule has 0 N–H and O–H groups in total. The molecule has 0 radical (unpaired) electrons. The van der Waals surface area contributed by atoms with Crippen LogP contribution in [0.5, 0.6) is 0 Å². The maximum Gasteiger partial charge on any atom is 0.509 e. The predicted molar refractivity (Wildman–Crippen MR) is 51.6 cm³/mol. The van der Waals surface area contributed by atoms with Gasteiger partial charge in [-0.3, -0.25) is 0 Å². The van der Waals surface area contributed by atoms with Crippen molar-refractivity contribution in [2.75, 3.05) is 6.61 Å². The van der Waals surface area contributed by atoms with Crippen molar-refractivity contribution < 1.29 is 14.3 Å². The number of ether oxygens (including phenoxy) is 2. The van der Waals surface area contributed by atoms with Gasteiger partial charge in [-0.25, -0.2) is 4.79 Å². The molecule has 0 rings (SSSR count). The van der Waals surface area contributed by atoms with E-state index in [1.54, 1.807) is 13.0 Å². The molecule has 76 valence electrons. The molecule has 0 heterocycles. The summed E-state index contributed by atoms with van der Waals surface area (Å²) in [6, 6.07) is 0. The van der Waals surface area contributed by atoms with Gasteiger partial charge in [-0.15, -0.1) is 0 Å². The number of rotatable bonds is 5. The molecule has 0 fully saturated rings. The van der Waals surface area contributed by atoms with Crippen LogP contribution in [0.4, 0.5) is 4.79 Å². The second-order valence-corrected chi connectivity index (χ2v) is 2.76. The van der Waals surface area contributed by atoms with Crippen LogP contribution >= 0.6 is 0 Å². The van der Waals surface area contributed by atoms with Crippen molar-refractivity contribution in [2.45, 2.75) is 39.2 Å². The molecule has 0 saturated heterocycles. The minimum atomic E-state index is -0.619. The Labute approximate surface area is 79.7 Å². The monoisotopic (exact) mass is 186 g/mol. The molecular formula is C10H18O3. The molecule has 0 aliphatic carbocycles. The van der Waals surface area contributed by atoms with Gasteiger partial charge in [-0.1, -0.05) is 20.4 Å². The van der Waals surface area contributed by atoms with E-state index in [4.69, 9.17) is 9.47 Å². The molecule has 13 heavy (non-hydrogen) atoms. The Hall–Kier alpha value is -0.990. The lowest BCUT2D eigenvalue weighted by Crippen LogP contribution is -2.31. The maximum absolute atomic E-state index is 11.0. The fourth-order valence-corrected chi connectivity index (χ4v) is 1.04. The lowest BCUT2D eigenvalue weighted by atomic mass is 9.98. The van der Waals surface area contributed by atoms with Crippen LogP contribution in [0.25, 0.3) is 0 Å². The summed E-state index contributed by atoms with van der Waals surface area (Å²) in [5.41, 5.74) is -0.563. The first-order chi connectivity index (χ1) is 6.14. The zero-order chi connectivity index (χ0) is 10.3. The van der Waals surface area contributed by atoms with Crippen LogP contribution in [0.15, 0.2) is 12.7 Å². The number of hydrogen-bond acceptors (Lipinski definition) is 3. The van der Waals surface area contributed by atoms with Gasteiger partial charge in [-0.2, -0.15) is 0 Å². The minimum Gasteiger partial charge on any atom is -0.435 e. The fourth-order valence-electron chi connectivity index (χ4n) is 1.04. The highest BCUT2D eigenvalue weighted by atomic mass is 16.7. The molecular weight excluding hydrogens is 168 g/mol. The van der Waals surface area contributed by atoms with Gasteiger partial charge in [-0.05, 0) is 25.8 Å². The first-order valence-electron chi connectivity index (χ1n) is 4.63. The molecule has 0 unspecified atom stereocenters. The van der Waals surface area contributed by atoms with E-state index in [1.807, 2.05) is 13.8 Å². The van der Waals surface area contributed by atoms with Crippen LogP contribution in [-0.4, -0.2) is 18.4 Å². The lowest BCUT2D eigenvalue weighted by molar-refractivity contribution is -0.0121. The van der Waals surface area contributed by atoms with Gasteiger partial charge < -0.3 is 9.47 Å². The molecule has 0 amide bonds. The van der Waals surface area contributed by atoms with E-state index in [0.29, 0.717) is 19.4 Å². The Morgan fingerprint density at radius 3 is 2.23 bits per heavy atom. The Morgan fingerprint density at radius 1 is 1.38 bits per heavy atom. The van der Waals surface area contributed by atoms with Crippen LogP contribution in [0.2, 0.25) is 0 Å². The van der Waals surface area contributed by atoms with E-state index in [2.05, 4.69) is 6.58 Å². The van der Waals surface area contributed by atoms with Gasteiger partial charge in [0.1, 0.15) is 5.60 Å². The third-order valence-corrected chi connectivity index (χ3v) is 2.12. The van der Waals surface area contributed by atoms with E-state index in [0.717, 1.165) is 0 Å². The van der Waals surface area contributed by atoms with Crippen molar-refractivity contribution in [3.05, 3.63) is 12.7 Å². The first-order valence-corrected chi connectivity index (χ1v) is 4.63. The zero-order valence-corrected chi connectivity index (χ0v) is 8.63. The van der Waals surface area contributed by atoms with E-state index in [1.165, 1.54) is 0 Å². The molecule has 0 bridgehead atoms. The molecule has 0 aliphatic heterocycles. The van der Waals surface area contributed by atoms with E-state index in [-0.39, 0.29) is 0 Å². The Morgan fingerprint density at radius 2 is 1.92 bits per heavy atom. The van der Waals surface area contributed by atoms with Crippen LogP contribution < -0.4 is 0 Å². The molecule has 3 nitrogen and oxygen atoms in total. The number of carbonyl (C=O) groups is 1. The summed E-state index contributed by atoms with van der Waals surface area (Å²) in [5, 5.41) is 0. The summed E-state index contributed by atoms with van der Waals surface area (Å²) >= 11 is 0. The second-order valence-electron chi connectivity index (χ2n) is 2.76. The molecule has 0 aliphatic rings. The Kier molecular flexibility index (Phi) is 5.19. The molecule has 0 atom stereocenters. The Bertz CT molecular complexity index is 171. The third-order valence-electron chi connectivity index (χ3n) is 2.12. The summed E-state index contributed by atoms with van der Waals surface area (Å²) in [6.07, 6.45) is 2.47. The SMILES string of the molecule is C=CC(CC)(CC)OC(=O)OCC. The van der Waals surface area contributed by atoms with Gasteiger partial charge in [0.15, 0.2) is 0 Å². The topological polar surface area (TPSA) is 35.5 Å². The van der Waals surface area contributed by atoms with Crippen molar-refractivity contribution in [1.29, 1.82) is 0 Å². The number of carbonyl (C=O) groups excluding carboxylic acids is 1. The maximum atomic E-state index is 11.0. The average Bonchev–Trinajstić information content (AvgIpc) is 2.15. The van der Waals surface area contributed by atoms with Crippen molar-refractivity contribution in [1.82, 2.24) is 0 Å². The van der Waals surface area contributed by atoms with Gasteiger partial charge in [0.25, 0.3) is 0 Å². The highest BCUT2D eigenvalue weighted by molar-refractivity contribution is 5.60. The molecule has 3 heteroatoms. The summed E-state index contributed by atoms with van der Waals surface area (Å²) < 4.78 is 9.84. The van der Waals surface area contributed by atoms with Crippen molar-refractivity contribution in [2.24, 2.45) is 0 Å². The van der Waals surface area contributed by atoms with Crippen molar-refractivity contribution in [3.8, 4) is 0 Å². The Balaban J connectivity index is 4.24. The van der Waals surface area contributed by atoms with Gasteiger partial charge in [0, 0.05) is 0 Å². The van der Waals surface area contributed by atoms with Crippen LogP contribution in [0.3, 0.4) is 0 Å². The van der Waals surface area contributed by atoms with Gasteiger partial charge in [0.05, 0.1) is 6.61 Å². The standard InChI is InChI=1S/C10H18O3/c1-5-10(6-2,7-3)13-9(11)12-8-4/h5H,1,6-8H2,2-4H3. The lowest BCUT2D eigenvalue weighted by Gasteiger charge is -2.26. The highest BCUT2D eigenvalue weighted by Crippen LogP contribution is 2.22. The largest absolute Gasteiger partial charge is 0.509 e. The summed E-state index contributed by atoms with van der Waals surface area (Å²) in [6.45, 7) is 9.63. The third kappa shape index (κ3) is 3.49. The second kappa shape index (κ2) is 5.62. The summed E-state index contributed by atoms with van der Waals surface area (Å²) in [7, 11) is 0. The van der Waals surface area contributed by atoms with E-state index < -0.39 is 11.8 Å². The molecule has 0 aromatic heterocycles. The van der Waals surface area contributed by atoms with Gasteiger partial charge in [0.2, 0.25) is 0 Å². The normalized spacial score (nSPS) is 10.7. The zero-order valence-electron chi connectivity index (χ0n) is 8.63. The molecule has 0 aromatic rings. The first kappa shape index (κ1) is 12.0. The van der Waals surface area contributed by atoms with Gasteiger partial charge >= 0.3 is 6.16 Å². The van der Waals surface area contributed by atoms with E-state index in [9.17, 15) is 4.79 Å². The average molecular weight is 186 g/mol. The van der Waals surface area contributed by atoms with Crippen molar-refractivity contribution >= 4 is 6.16 Å². The fraction of sp³-hybridized carbons (Fsp3) is 0.700. The van der Waals surface area contributed by atoms with E-state index >= 15 is 0 Å². The molecule has 0 aromatic carbocycles. The van der Waals surface area contributed by atoms with Crippen molar-refractivity contribution in [3.63, 3.8) is 0 Å². The highest BCUT2D eigenvalue weighted by Gasteiger charge is 2.27.